The Bertz CT molecular complexity index is 377. The Balaban J connectivity index is 2.07. The first-order chi connectivity index (χ1) is 8.59. The molecule has 0 saturated heterocycles. The Kier molecular flexibility index (Phi) is 4.66. The van der Waals surface area contributed by atoms with Gasteiger partial charge in [-0.2, -0.15) is 0 Å². The van der Waals surface area contributed by atoms with Gasteiger partial charge in [0.25, 0.3) is 0 Å². The summed E-state index contributed by atoms with van der Waals surface area (Å²) in [6, 6.07) is 9.35. The van der Waals surface area contributed by atoms with E-state index in [0.717, 1.165) is 11.4 Å². The molecule has 1 aliphatic carbocycles. The molecule has 3 heteroatoms. The van der Waals surface area contributed by atoms with Gasteiger partial charge in [-0.15, -0.1) is 0 Å². The third kappa shape index (κ3) is 3.05. The lowest BCUT2D eigenvalue weighted by Crippen LogP contribution is -2.48. The number of halogens is 1. The van der Waals surface area contributed by atoms with Crippen molar-refractivity contribution in [2.75, 3.05) is 7.05 Å². The van der Waals surface area contributed by atoms with Crippen LogP contribution in [0.15, 0.2) is 24.3 Å². The van der Waals surface area contributed by atoms with Crippen LogP contribution in [-0.4, -0.2) is 24.0 Å². The lowest BCUT2D eigenvalue weighted by molar-refractivity contribution is 0.128. The summed E-state index contributed by atoms with van der Waals surface area (Å²) in [4.78, 5) is 2.42. The van der Waals surface area contributed by atoms with Crippen LogP contribution in [0.4, 0.5) is 0 Å². The van der Waals surface area contributed by atoms with Crippen molar-refractivity contribution >= 4 is 11.6 Å². The van der Waals surface area contributed by atoms with E-state index in [1.54, 1.807) is 0 Å². The van der Waals surface area contributed by atoms with Crippen molar-refractivity contribution in [3.8, 4) is 0 Å². The summed E-state index contributed by atoms with van der Waals surface area (Å²) in [5.74, 6) is 0. The lowest BCUT2D eigenvalue weighted by atomic mass is 9.89. The van der Waals surface area contributed by atoms with Crippen LogP contribution in [0.25, 0.3) is 0 Å². The Morgan fingerprint density at radius 2 is 1.83 bits per heavy atom. The Labute approximate surface area is 115 Å². The van der Waals surface area contributed by atoms with E-state index in [4.69, 9.17) is 17.3 Å². The number of rotatable bonds is 3. The van der Waals surface area contributed by atoms with Crippen molar-refractivity contribution in [3.63, 3.8) is 0 Å². The van der Waals surface area contributed by atoms with Crippen LogP contribution in [-0.2, 0) is 0 Å². The zero-order chi connectivity index (χ0) is 13.1. The molecule has 0 heterocycles. The summed E-state index contributed by atoms with van der Waals surface area (Å²) in [5, 5.41) is 0.794. The highest BCUT2D eigenvalue weighted by molar-refractivity contribution is 6.30. The maximum atomic E-state index is 6.26. The maximum Gasteiger partial charge on any atom is 0.0406 e. The summed E-state index contributed by atoms with van der Waals surface area (Å²) in [5.41, 5.74) is 7.56. The predicted molar refractivity (Wildman–Crippen MR) is 77.9 cm³/mol. The molecule has 3 unspecified atom stereocenters. The maximum absolute atomic E-state index is 6.26. The normalized spacial score (nSPS) is 26.3. The van der Waals surface area contributed by atoms with E-state index < -0.39 is 0 Å². The summed E-state index contributed by atoms with van der Waals surface area (Å²) >= 11 is 5.93. The largest absolute Gasteiger partial charge is 0.326 e. The predicted octanol–water partition coefficient (Wildman–Crippen LogP) is 3.60. The van der Waals surface area contributed by atoms with E-state index >= 15 is 0 Å². The summed E-state index contributed by atoms with van der Waals surface area (Å²) in [6.45, 7) is 2.24. The van der Waals surface area contributed by atoms with Crippen molar-refractivity contribution in [1.82, 2.24) is 4.90 Å². The van der Waals surface area contributed by atoms with E-state index in [-0.39, 0.29) is 0 Å². The van der Waals surface area contributed by atoms with Gasteiger partial charge >= 0.3 is 0 Å². The molecule has 0 aromatic heterocycles. The highest BCUT2D eigenvalue weighted by Gasteiger charge is 2.28. The molecule has 18 heavy (non-hydrogen) atoms. The van der Waals surface area contributed by atoms with E-state index in [2.05, 4.69) is 31.0 Å². The van der Waals surface area contributed by atoms with Gasteiger partial charge in [0.2, 0.25) is 0 Å². The second-order valence-electron chi connectivity index (χ2n) is 5.41. The number of hydrogen-bond donors (Lipinski definition) is 1. The molecule has 2 nitrogen and oxygen atoms in total. The van der Waals surface area contributed by atoms with Gasteiger partial charge in [-0.05, 0) is 44.5 Å². The van der Waals surface area contributed by atoms with Gasteiger partial charge in [0.05, 0.1) is 0 Å². The zero-order valence-electron chi connectivity index (χ0n) is 11.3. The molecule has 1 saturated carbocycles. The number of nitrogens with two attached hydrogens (primary N) is 1. The van der Waals surface area contributed by atoms with E-state index in [1.807, 2.05) is 12.1 Å². The molecule has 1 aromatic rings. The second kappa shape index (κ2) is 6.05. The van der Waals surface area contributed by atoms with Gasteiger partial charge < -0.3 is 5.73 Å². The monoisotopic (exact) mass is 266 g/mol. The average Bonchev–Trinajstić information content (AvgIpc) is 2.38. The van der Waals surface area contributed by atoms with E-state index in [1.165, 1.54) is 24.8 Å². The van der Waals surface area contributed by atoms with Crippen molar-refractivity contribution in [2.45, 2.75) is 50.7 Å². The SMILES string of the molecule is CC(c1ccc(Cl)cc1)N(C)C1CCCCC1N. The van der Waals surface area contributed by atoms with Gasteiger partial charge in [-0.1, -0.05) is 36.6 Å². The highest BCUT2D eigenvalue weighted by atomic mass is 35.5. The first kappa shape index (κ1) is 13.9. The molecular weight excluding hydrogens is 244 g/mol. The Morgan fingerprint density at radius 3 is 2.44 bits per heavy atom. The molecule has 3 atom stereocenters. The first-order valence-corrected chi connectivity index (χ1v) is 7.20. The van der Waals surface area contributed by atoms with Crippen LogP contribution < -0.4 is 5.73 Å². The van der Waals surface area contributed by atoms with E-state index in [9.17, 15) is 0 Å². The van der Waals surface area contributed by atoms with Gasteiger partial charge in [-0.3, -0.25) is 4.90 Å². The molecule has 0 bridgehead atoms. The summed E-state index contributed by atoms with van der Waals surface area (Å²) in [7, 11) is 2.19. The standard InChI is InChI=1S/C15H23ClN2/c1-11(12-7-9-13(16)10-8-12)18(2)15-6-4-3-5-14(15)17/h7-11,14-15H,3-6,17H2,1-2H3. The smallest absolute Gasteiger partial charge is 0.0406 e. The van der Waals surface area contributed by atoms with Crippen LogP contribution >= 0.6 is 11.6 Å². The summed E-state index contributed by atoms with van der Waals surface area (Å²) < 4.78 is 0. The molecule has 0 aliphatic heterocycles. The van der Waals surface area contributed by atoms with Gasteiger partial charge in [-0.25, -0.2) is 0 Å². The average molecular weight is 267 g/mol. The third-order valence-electron chi connectivity index (χ3n) is 4.27. The molecule has 0 amide bonds. The van der Waals surface area contributed by atoms with Crippen LogP contribution in [0.1, 0.15) is 44.2 Å². The molecule has 2 rings (SSSR count). The molecule has 0 spiro atoms. The van der Waals surface area contributed by atoms with Crippen molar-refractivity contribution < 1.29 is 0 Å². The number of benzene rings is 1. The van der Waals surface area contributed by atoms with Crippen LogP contribution in [0.2, 0.25) is 5.02 Å². The number of likely N-dealkylation sites (N-methyl/N-ethyl adjacent to an activating group) is 1. The highest BCUT2D eigenvalue weighted by Crippen LogP contribution is 2.28. The minimum absolute atomic E-state index is 0.318. The molecule has 2 N–H and O–H groups in total. The molecule has 100 valence electrons. The minimum atomic E-state index is 0.318. The topological polar surface area (TPSA) is 29.3 Å². The van der Waals surface area contributed by atoms with Crippen LogP contribution in [0.3, 0.4) is 0 Å². The Hall–Kier alpha value is -0.570. The fraction of sp³-hybridized carbons (Fsp3) is 0.600. The number of hydrogen-bond acceptors (Lipinski definition) is 2. The van der Waals surface area contributed by atoms with Crippen molar-refractivity contribution in [3.05, 3.63) is 34.9 Å². The fourth-order valence-electron chi connectivity index (χ4n) is 2.91. The van der Waals surface area contributed by atoms with Crippen LogP contribution in [0.5, 0.6) is 0 Å². The molecular formula is C15H23ClN2. The molecule has 1 aliphatic rings. The quantitative estimate of drug-likeness (QED) is 0.906. The van der Waals surface area contributed by atoms with Crippen molar-refractivity contribution in [1.29, 1.82) is 0 Å². The second-order valence-corrected chi connectivity index (χ2v) is 5.85. The third-order valence-corrected chi connectivity index (χ3v) is 4.52. The van der Waals surface area contributed by atoms with Crippen LogP contribution in [0, 0.1) is 0 Å². The van der Waals surface area contributed by atoms with Gasteiger partial charge in [0.1, 0.15) is 0 Å². The number of nitrogens with zero attached hydrogens (tertiary/aromatic N) is 1. The zero-order valence-corrected chi connectivity index (χ0v) is 12.0. The molecule has 1 fully saturated rings. The Morgan fingerprint density at radius 1 is 1.22 bits per heavy atom. The van der Waals surface area contributed by atoms with Gasteiger partial charge in [0.15, 0.2) is 0 Å². The molecule has 1 aromatic carbocycles. The first-order valence-electron chi connectivity index (χ1n) is 6.82. The summed E-state index contributed by atoms with van der Waals surface area (Å²) in [6.07, 6.45) is 4.95. The van der Waals surface area contributed by atoms with Gasteiger partial charge in [0, 0.05) is 23.1 Å². The van der Waals surface area contributed by atoms with Crippen molar-refractivity contribution in [2.24, 2.45) is 5.73 Å². The minimum Gasteiger partial charge on any atom is -0.326 e. The van der Waals surface area contributed by atoms with E-state index in [0.29, 0.717) is 18.1 Å². The lowest BCUT2D eigenvalue weighted by Gasteiger charge is -2.39. The fourth-order valence-corrected chi connectivity index (χ4v) is 3.04. The molecule has 0 radical (unpaired) electrons.